The zero-order chi connectivity index (χ0) is 14.1. The first-order valence-corrected chi connectivity index (χ1v) is 6.38. The largest absolute Gasteiger partial charge is 0.332 e. The summed E-state index contributed by atoms with van der Waals surface area (Å²) in [6.45, 7) is 0.251. The molecule has 1 N–H and O–H groups in total. The van der Waals surface area contributed by atoms with Gasteiger partial charge in [0.05, 0.1) is 23.1 Å². The lowest BCUT2D eigenvalue weighted by Crippen LogP contribution is -2.23. The maximum absolute atomic E-state index is 13.3. The number of nitrogens with zero attached hydrogens (tertiary/aromatic N) is 2. The molecule has 0 bridgehead atoms. The van der Waals surface area contributed by atoms with E-state index in [9.17, 15) is 9.18 Å². The van der Waals surface area contributed by atoms with Crippen molar-refractivity contribution in [2.75, 3.05) is 0 Å². The van der Waals surface area contributed by atoms with E-state index in [1.54, 1.807) is 18.3 Å². The van der Waals surface area contributed by atoms with Crippen LogP contribution in [0, 0.1) is 10.6 Å². The van der Waals surface area contributed by atoms with Crippen molar-refractivity contribution in [1.82, 2.24) is 14.5 Å². The molecule has 0 aliphatic heterocycles. The molecule has 2 heterocycles. The average Bonchev–Trinajstić information content (AvgIpc) is 2.46. The number of benzene rings is 1. The fourth-order valence-electron chi connectivity index (χ4n) is 2.02. The van der Waals surface area contributed by atoms with E-state index in [0.29, 0.717) is 16.0 Å². The number of nitrogens with one attached hydrogen (secondary N) is 1. The van der Waals surface area contributed by atoms with Crippen molar-refractivity contribution in [3.63, 3.8) is 0 Å². The molecule has 0 aliphatic rings. The molecule has 0 atom stereocenters. The fraction of sp³-hybridized carbons (Fsp3) is 0.0714. The Morgan fingerprint density at radius 2 is 2.15 bits per heavy atom. The van der Waals surface area contributed by atoms with Crippen LogP contribution in [0.15, 0.2) is 47.4 Å². The Labute approximate surface area is 118 Å². The maximum Gasteiger partial charge on any atom is 0.262 e. The van der Waals surface area contributed by atoms with Gasteiger partial charge in [0.25, 0.3) is 5.56 Å². The lowest BCUT2D eigenvalue weighted by atomic mass is 10.2. The van der Waals surface area contributed by atoms with Crippen molar-refractivity contribution >= 4 is 23.1 Å². The third kappa shape index (κ3) is 2.25. The van der Waals surface area contributed by atoms with Gasteiger partial charge in [0.2, 0.25) is 0 Å². The van der Waals surface area contributed by atoms with E-state index in [1.807, 2.05) is 6.07 Å². The minimum Gasteiger partial charge on any atom is -0.332 e. The molecule has 6 heteroatoms. The summed E-state index contributed by atoms with van der Waals surface area (Å²) in [5, 5.41) is 0.273. The highest BCUT2D eigenvalue weighted by molar-refractivity contribution is 7.71. The molecule has 2 aromatic heterocycles. The number of H-pyrrole nitrogens is 1. The first-order valence-electron chi connectivity index (χ1n) is 5.97. The van der Waals surface area contributed by atoms with Crippen LogP contribution in [-0.2, 0) is 6.54 Å². The molecule has 0 spiro atoms. The van der Waals surface area contributed by atoms with Crippen LogP contribution < -0.4 is 5.56 Å². The van der Waals surface area contributed by atoms with Crippen molar-refractivity contribution in [2.24, 2.45) is 0 Å². The van der Waals surface area contributed by atoms with E-state index in [0.717, 1.165) is 0 Å². The normalized spacial score (nSPS) is 10.8. The topological polar surface area (TPSA) is 50.7 Å². The molecule has 0 aliphatic carbocycles. The number of pyridine rings is 1. The summed E-state index contributed by atoms with van der Waals surface area (Å²) in [6.07, 6.45) is 1.65. The van der Waals surface area contributed by atoms with Crippen LogP contribution in [0.25, 0.3) is 10.9 Å². The Morgan fingerprint density at radius 1 is 1.30 bits per heavy atom. The van der Waals surface area contributed by atoms with Crippen LogP contribution in [0.4, 0.5) is 4.39 Å². The predicted molar refractivity (Wildman–Crippen MR) is 76.7 cm³/mol. The summed E-state index contributed by atoms with van der Waals surface area (Å²) >= 11 is 5.18. The van der Waals surface area contributed by atoms with Gasteiger partial charge in [0.1, 0.15) is 5.82 Å². The van der Waals surface area contributed by atoms with E-state index in [-0.39, 0.29) is 17.5 Å². The Morgan fingerprint density at radius 3 is 2.90 bits per heavy atom. The summed E-state index contributed by atoms with van der Waals surface area (Å²) in [7, 11) is 0. The smallest absolute Gasteiger partial charge is 0.262 e. The quantitative estimate of drug-likeness (QED) is 0.737. The lowest BCUT2D eigenvalue weighted by Gasteiger charge is -2.07. The third-order valence-corrected chi connectivity index (χ3v) is 3.31. The monoisotopic (exact) mass is 287 g/mol. The van der Waals surface area contributed by atoms with Gasteiger partial charge in [-0.25, -0.2) is 4.39 Å². The summed E-state index contributed by atoms with van der Waals surface area (Å²) < 4.78 is 14.9. The van der Waals surface area contributed by atoms with Crippen LogP contribution >= 0.6 is 12.2 Å². The Bertz CT molecular complexity index is 886. The van der Waals surface area contributed by atoms with Gasteiger partial charge in [0, 0.05) is 6.20 Å². The van der Waals surface area contributed by atoms with Gasteiger partial charge < -0.3 is 4.98 Å². The van der Waals surface area contributed by atoms with Crippen molar-refractivity contribution in [3.05, 3.63) is 69.2 Å². The molecule has 0 radical (unpaired) electrons. The molecule has 0 saturated carbocycles. The lowest BCUT2D eigenvalue weighted by molar-refractivity contribution is 0.628. The molecule has 0 unspecified atom stereocenters. The SMILES string of the molecule is O=c1c2cc(F)ccc2[nH]c(=S)n1Cc1ccccn1. The van der Waals surface area contributed by atoms with Gasteiger partial charge in [-0.3, -0.25) is 14.3 Å². The standard InChI is InChI=1S/C14H10FN3OS/c15-9-4-5-12-11(7-9)13(19)18(14(20)17-12)8-10-3-1-2-6-16-10/h1-7H,8H2,(H,17,20). The molecule has 0 saturated heterocycles. The fourth-order valence-corrected chi connectivity index (χ4v) is 2.28. The van der Waals surface area contributed by atoms with E-state index >= 15 is 0 Å². The molecular formula is C14H10FN3OS. The molecule has 3 aromatic rings. The Hall–Kier alpha value is -2.34. The third-order valence-electron chi connectivity index (χ3n) is 2.99. The average molecular weight is 287 g/mol. The summed E-state index contributed by atoms with van der Waals surface area (Å²) in [5.41, 5.74) is 0.914. The van der Waals surface area contributed by atoms with E-state index in [2.05, 4.69) is 9.97 Å². The number of fused-ring (bicyclic) bond motifs is 1. The van der Waals surface area contributed by atoms with Crippen LogP contribution in [-0.4, -0.2) is 14.5 Å². The second-order valence-corrected chi connectivity index (χ2v) is 4.72. The zero-order valence-corrected chi connectivity index (χ0v) is 11.2. The van der Waals surface area contributed by atoms with Gasteiger partial charge in [-0.15, -0.1) is 0 Å². The van der Waals surface area contributed by atoms with E-state index < -0.39 is 5.82 Å². The molecule has 1 aromatic carbocycles. The summed E-state index contributed by atoms with van der Waals surface area (Å²) in [5.74, 6) is -0.454. The Balaban J connectivity index is 2.21. The summed E-state index contributed by atoms with van der Waals surface area (Å²) in [4.78, 5) is 19.5. The van der Waals surface area contributed by atoms with Crippen molar-refractivity contribution in [1.29, 1.82) is 0 Å². The number of rotatable bonds is 2. The van der Waals surface area contributed by atoms with Gasteiger partial charge in [-0.2, -0.15) is 0 Å². The number of aromatic nitrogens is 3. The van der Waals surface area contributed by atoms with Gasteiger partial charge in [-0.05, 0) is 42.5 Å². The Kier molecular flexibility index (Phi) is 3.15. The highest BCUT2D eigenvalue weighted by atomic mass is 32.1. The van der Waals surface area contributed by atoms with Gasteiger partial charge >= 0.3 is 0 Å². The highest BCUT2D eigenvalue weighted by Gasteiger charge is 2.07. The van der Waals surface area contributed by atoms with E-state index in [1.165, 1.54) is 22.8 Å². The minimum atomic E-state index is -0.454. The zero-order valence-electron chi connectivity index (χ0n) is 10.3. The van der Waals surface area contributed by atoms with Crippen molar-refractivity contribution in [3.8, 4) is 0 Å². The highest BCUT2D eigenvalue weighted by Crippen LogP contribution is 2.09. The maximum atomic E-state index is 13.3. The number of halogens is 1. The van der Waals surface area contributed by atoms with Crippen LogP contribution in [0.5, 0.6) is 0 Å². The molecule has 4 nitrogen and oxygen atoms in total. The second-order valence-electron chi connectivity index (χ2n) is 4.33. The minimum absolute atomic E-state index is 0.251. The first kappa shape index (κ1) is 12.7. The predicted octanol–water partition coefficient (Wildman–Crippen LogP) is 2.64. The van der Waals surface area contributed by atoms with Gasteiger partial charge in [-0.1, -0.05) is 6.07 Å². The number of hydrogen-bond donors (Lipinski definition) is 1. The van der Waals surface area contributed by atoms with Gasteiger partial charge in [0.15, 0.2) is 4.77 Å². The molecule has 100 valence electrons. The van der Waals surface area contributed by atoms with E-state index in [4.69, 9.17) is 12.2 Å². The van der Waals surface area contributed by atoms with Crippen molar-refractivity contribution < 1.29 is 4.39 Å². The number of aromatic amines is 1. The number of hydrogen-bond acceptors (Lipinski definition) is 3. The first-order chi connectivity index (χ1) is 9.65. The van der Waals surface area contributed by atoms with Crippen LogP contribution in [0.3, 0.4) is 0 Å². The molecule has 20 heavy (non-hydrogen) atoms. The van der Waals surface area contributed by atoms with Crippen LogP contribution in [0.1, 0.15) is 5.69 Å². The second kappa shape index (κ2) is 4.97. The molecule has 0 amide bonds. The molecule has 3 rings (SSSR count). The molecular weight excluding hydrogens is 277 g/mol. The molecule has 0 fully saturated rings. The summed E-state index contributed by atoms with van der Waals surface area (Å²) in [6, 6.07) is 9.43. The van der Waals surface area contributed by atoms with Crippen molar-refractivity contribution in [2.45, 2.75) is 6.54 Å². The van der Waals surface area contributed by atoms with Crippen LogP contribution in [0.2, 0.25) is 0 Å².